The molecule has 4 aliphatic carbocycles. The molecule has 3 fully saturated rings. The van der Waals surface area contributed by atoms with E-state index in [0.29, 0.717) is 24.2 Å². The maximum atomic E-state index is 12.0. The van der Waals surface area contributed by atoms with Gasteiger partial charge in [-0.05, 0) is 81.3 Å². The Morgan fingerprint density at radius 2 is 2.03 bits per heavy atom. The zero-order valence-corrected chi connectivity index (χ0v) is 19.6. The van der Waals surface area contributed by atoms with Gasteiger partial charge in [0.2, 0.25) is 0 Å². The molecule has 31 heavy (non-hydrogen) atoms. The maximum absolute atomic E-state index is 12.0. The molecule has 4 heteroatoms. The Morgan fingerprint density at radius 3 is 2.71 bits per heavy atom. The molecule has 4 rings (SSSR count). The predicted octanol–water partition coefficient (Wildman–Crippen LogP) is 4.21. The van der Waals surface area contributed by atoms with Crippen LogP contribution in [-0.4, -0.2) is 39.4 Å². The fraction of sp³-hybridized carbons (Fsp3) is 0.741. The Labute approximate surface area is 187 Å². The quantitative estimate of drug-likeness (QED) is 0.573. The molecular weight excluding hydrogens is 388 g/mol. The van der Waals surface area contributed by atoms with E-state index in [9.17, 15) is 20.1 Å². The summed E-state index contributed by atoms with van der Waals surface area (Å²) in [5.74, 6) is 1.21. The molecule has 0 bridgehead atoms. The Hall–Kier alpha value is -1.23. The number of carbonyl (C=O) groups is 1. The number of ketones is 1. The van der Waals surface area contributed by atoms with Crippen molar-refractivity contribution >= 4 is 5.78 Å². The summed E-state index contributed by atoms with van der Waals surface area (Å²) in [6.45, 7) is 8.37. The first-order chi connectivity index (χ1) is 14.5. The molecule has 0 spiro atoms. The van der Waals surface area contributed by atoms with E-state index in [1.165, 1.54) is 5.57 Å². The van der Waals surface area contributed by atoms with Gasteiger partial charge in [-0.25, -0.2) is 0 Å². The summed E-state index contributed by atoms with van der Waals surface area (Å²) in [6, 6.07) is 0. The smallest absolute Gasteiger partial charge is 0.178 e. The number of aliphatic hydroxyl groups excluding tert-OH is 2. The van der Waals surface area contributed by atoms with Gasteiger partial charge in [0, 0.05) is 23.4 Å². The standard InChI is InChI=1S/C27H40O4/c1-17(2)6-5-11-26(4,31)24-23(30)15-22-20-8-7-18-14-19(29)9-12-25(18,3)21(20)10-13-27(22,24)16-28/h5,9,11-12,14,17,20-24,28,30-31H,6-8,10,13,15-16H2,1-4H3/b11-5+/t20-,21+,22+,23+,24-,25+,26?,27-/m1/s1. The van der Waals surface area contributed by atoms with E-state index in [2.05, 4.69) is 26.8 Å². The molecule has 0 amide bonds. The highest BCUT2D eigenvalue weighted by atomic mass is 16.3. The normalized spacial score (nSPS) is 44.1. The van der Waals surface area contributed by atoms with Crippen molar-refractivity contribution in [3.63, 3.8) is 0 Å². The molecule has 4 aliphatic rings. The number of aliphatic hydroxyl groups is 3. The predicted molar refractivity (Wildman–Crippen MR) is 122 cm³/mol. The second kappa shape index (κ2) is 7.97. The van der Waals surface area contributed by atoms with Crippen LogP contribution in [0.2, 0.25) is 0 Å². The van der Waals surface area contributed by atoms with Crippen LogP contribution >= 0.6 is 0 Å². The minimum atomic E-state index is -1.15. The number of carbonyl (C=O) groups excluding carboxylic acids is 1. The van der Waals surface area contributed by atoms with Gasteiger partial charge >= 0.3 is 0 Å². The summed E-state index contributed by atoms with van der Waals surface area (Å²) < 4.78 is 0. The third-order valence-corrected chi connectivity index (χ3v) is 9.30. The van der Waals surface area contributed by atoms with Crippen molar-refractivity contribution in [3.8, 4) is 0 Å². The monoisotopic (exact) mass is 428 g/mol. The van der Waals surface area contributed by atoms with Crippen LogP contribution in [0.25, 0.3) is 0 Å². The summed E-state index contributed by atoms with van der Waals surface area (Å²) in [5.41, 5.74) is -0.477. The molecule has 0 aromatic carbocycles. The van der Waals surface area contributed by atoms with Crippen LogP contribution in [0.3, 0.4) is 0 Å². The van der Waals surface area contributed by atoms with Crippen molar-refractivity contribution in [1.82, 2.24) is 0 Å². The van der Waals surface area contributed by atoms with E-state index in [4.69, 9.17) is 0 Å². The average Bonchev–Trinajstić information content (AvgIpc) is 3.01. The fourth-order valence-electron chi connectivity index (χ4n) is 7.96. The molecule has 0 aromatic rings. The van der Waals surface area contributed by atoms with Gasteiger partial charge < -0.3 is 15.3 Å². The topological polar surface area (TPSA) is 77.8 Å². The molecule has 172 valence electrons. The van der Waals surface area contributed by atoms with Crippen molar-refractivity contribution in [2.24, 2.45) is 40.4 Å². The summed E-state index contributed by atoms with van der Waals surface area (Å²) >= 11 is 0. The van der Waals surface area contributed by atoms with E-state index >= 15 is 0 Å². The minimum absolute atomic E-state index is 0.00448. The van der Waals surface area contributed by atoms with Crippen LogP contribution in [0, 0.1) is 40.4 Å². The Kier molecular flexibility index (Phi) is 5.90. The lowest BCUT2D eigenvalue weighted by atomic mass is 9.47. The van der Waals surface area contributed by atoms with E-state index in [-0.39, 0.29) is 29.6 Å². The van der Waals surface area contributed by atoms with Gasteiger partial charge in [-0.15, -0.1) is 0 Å². The SMILES string of the molecule is CC(C)C/C=C/C(C)(O)[C@H]1[C@@H](O)C[C@H]2[C@@H]3CCC4=CC(=O)C=C[C@]4(C)[C@H]3CC[C@]12CO. The Morgan fingerprint density at radius 1 is 1.29 bits per heavy atom. The largest absolute Gasteiger partial charge is 0.396 e. The molecule has 4 nitrogen and oxygen atoms in total. The first-order valence-electron chi connectivity index (χ1n) is 12.2. The molecule has 0 aromatic heterocycles. The van der Waals surface area contributed by atoms with Crippen LogP contribution in [0.1, 0.15) is 66.2 Å². The van der Waals surface area contributed by atoms with Crippen LogP contribution in [0.15, 0.2) is 36.0 Å². The lowest BCUT2D eigenvalue weighted by Gasteiger charge is -2.58. The molecule has 3 N–H and O–H groups in total. The number of rotatable bonds is 5. The second-order valence-electron chi connectivity index (χ2n) is 11.6. The van der Waals surface area contributed by atoms with Crippen LogP contribution in [0.4, 0.5) is 0 Å². The maximum Gasteiger partial charge on any atom is 0.178 e. The van der Waals surface area contributed by atoms with Crippen molar-refractivity contribution in [3.05, 3.63) is 36.0 Å². The zero-order chi connectivity index (χ0) is 22.6. The van der Waals surface area contributed by atoms with Gasteiger partial charge in [-0.2, -0.15) is 0 Å². The molecule has 0 aliphatic heterocycles. The molecule has 0 saturated heterocycles. The third-order valence-electron chi connectivity index (χ3n) is 9.30. The third kappa shape index (κ3) is 3.59. The molecular formula is C27H40O4. The van der Waals surface area contributed by atoms with E-state index < -0.39 is 17.1 Å². The van der Waals surface area contributed by atoms with Gasteiger partial charge in [0.1, 0.15) is 0 Å². The molecule has 8 atom stereocenters. The summed E-state index contributed by atoms with van der Waals surface area (Å²) in [4.78, 5) is 12.0. The van der Waals surface area contributed by atoms with Crippen molar-refractivity contribution in [2.45, 2.75) is 77.9 Å². The fourth-order valence-corrected chi connectivity index (χ4v) is 7.96. The van der Waals surface area contributed by atoms with Crippen molar-refractivity contribution in [2.75, 3.05) is 6.61 Å². The van der Waals surface area contributed by atoms with Crippen molar-refractivity contribution in [1.29, 1.82) is 0 Å². The van der Waals surface area contributed by atoms with E-state index in [1.54, 1.807) is 6.08 Å². The lowest BCUT2D eigenvalue weighted by Crippen LogP contribution is -2.55. The zero-order valence-electron chi connectivity index (χ0n) is 19.6. The van der Waals surface area contributed by atoms with Crippen LogP contribution in [-0.2, 0) is 4.79 Å². The average molecular weight is 429 g/mol. The number of hydrogen-bond acceptors (Lipinski definition) is 4. The van der Waals surface area contributed by atoms with Gasteiger partial charge in [0.25, 0.3) is 0 Å². The lowest BCUT2D eigenvalue weighted by molar-refractivity contribution is -0.126. The number of hydrogen-bond donors (Lipinski definition) is 3. The van der Waals surface area contributed by atoms with Crippen LogP contribution < -0.4 is 0 Å². The first kappa shape index (κ1) is 22.9. The summed E-state index contributed by atoms with van der Waals surface area (Å²) in [7, 11) is 0. The van der Waals surface area contributed by atoms with Crippen molar-refractivity contribution < 1.29 is 20.1 Å². The highest BCUT2D eigenvalue weighted by Gasteiger charge is 2.65. The Bertz CT molecular complexity index is 806. The highest BCUT2D eigenvalue weighted by molar-refractivity contribution is 6.01. The minimum Gasteiger partial charge on any atom is -0.396 e. The molecule has 3 saturated carbocycles. The van der Waals surface area contributed by atoms with Gasteiger partial charge in [0.15, 0.2) is 5.78 Å². The molecule has 0 radical (unpaired) electrons. The molecule has 0 heterocycles. The molecule has 1 unspecified atom stereocenters. The van der Waals surface area contributed by atoms with Crippen LogP contribution in [0.5, 0.6) is 0 Å². The number of fused-ring (bicyclic) bond motifs is 5. The Balaban J connectivity index is 1.66. The summed E-state index contributed by atoms with van der Waals surface area (Å²) in [6.07, 6.45) is 14.1. The number of allylic oxidation sites excluding steroid dienone is 5. The summed E-state index contributed by atoms with van der Waals surface area (Å²) in [5, 5.41) is 33.4. The first-order valence-corrected chi connectivity index (χ1v) is 12.2. The second-order valence-corrected chi connectivity index (χ2v) is 11.6. The van der Waals surface area contributed by atoms with Gasteiger partial charge in [0.05, 0.1) is 11.7 Å². The van der Waals surface area contributed by atoms with Gasteiger partial charge in [-0.3, -0.25) is 4.79 Å². The van der Waals surface area contributed by atoms with E-state index in [1.807, 2.05) is 25.2 Å². The van der Waals surface area contributed by atoms with Gasteiger partial charge in [-0.1, -0.05) is 44.6 Å². The highest BCUT2D eigenvalue weighted by Crippen LogP contribution is 2.67. The van der Waals surface area contributed by atoms with E-state index in [0.717, 1.165) is 32.1 Å².